The van der Waals surface area contributed by atoms with Gasteiger partial charge in [0.2, 0.25) is 0 Å². The van der Waals surface area contributed by atoms with Gasteiger partial charge in [-0.15, -0.1) is 0 Å². The van der Waals surface area contributed by atoms with Gasteiger partial charge in [-0.05, 0) is 41.8 Å². The van der Waals surface area contributed by atoms with Crippen molar-refractivity contribution in [1.82, 2.24) is 0 Å². The summed E-state index contributed by atoms with van der Waals surface area (Å²) in [5, 5.41) is 11.3. The Morgan fingerprint density at radius 1 is 1.14 bits per heavy atom. The summed E-state index contributed by atoms with van der Waals surface area (Å²) in [6.07, 6.45) is -0.676. The molecule has 0 saturated carbocycles. The van der Waals surface area contributed by atoms with E-state index in [0.717, 1.165) is 28.0 Å². The van der Waals surface area contributed by atoms with E-state index in [1.807, 2.05) is 43.3 Å². The van der Waals surface area contributed by atoms with Crippen LogP contribution in [0.2, 0.25) is 5.02 Å². The lowest BCUT2D eigenvalue weighted by Crippen LogP contribution is -2.18. The lowest BCUT2D eigenvalue weighted by molar-refractivity contribution is 0.220. The molecular weight excluding hydrogens is 284 g/mol. The Morgan fingerprint density at radius 3 is 2.52 bits per heavy atom. The summed E-state index contributed by atoms with van der Waals surface area (Å²) in [5.74, 6) is 0.915. The number of aryl methyl sites for hydroxylation is 1. The van der Waals surface area contributed by atoms with Crippen LogP contribution < -0.4 is 4.74 Å². The zero-order valence-corrected chi connectivity index (χ0v) is 13.2. The van der Waals surface area contributed by atoms with E-state index in [0.29, 0.717) is 11.6 Å². The summed E-state index contributed by atoms with van der Waals surface area (Å²) in [4.78, 5) is 0. The lowest BCUT2D eigenvalue weighted by Gasteiger charge is -2.18. The second kappa shape index (κ2) is 5.04. The van der Waals surface area contributed by atoms with Gasteiger partial charge in [-0.2, -0.15) is 0 Å². The minimum Gasteiger partial charge on any atom is -0.492 e. The summed E-state index contributed by atoms with van der Waals surface area (Å²) >= 11 is 6.15. The Kier molecular flexibility index (Phi) is 3.46. The van der Waals surface area contributed by atoms with Gasteiger partial charge in [0.05, 0.1) is 6.61 Å². The highest BCUT2D eigenvalue weighted by Gasteiger charge is 2.32. The first-order chi connectivity index (χ1) is 9.88. The lowest BCUT2D eigenvalue weighted by atomic mass is 9.85. The first-order valence-electron chi connectivity index (χ1n) is 7.10. The maximum Gasteiger partial charge on any atom is 0.123 e. The molecule has 3 rings (SSSR count). The molecule has 0 spiro atoms. The van der Waals surface area contributed by atoms with Crippen LogP contribution >= 0.6 is 11.6 Å². The van der Waals surface area contributed by atoms with Crippen molar-refractivity contribution >= 4 is 11.6 Å². The average Bonchev–Trinajstić information content (AvgIpc) is 2.76. The van der Waals surface area contributed by atoms with Crippen molar-refractivity contribution in [3.8, 4) is 5.75 Å². The molecule has 1 aliphatic heterocycles. The van der Waals surface area contributed by atoms with Gasteiger partial charge < -0.3 is 9.84 Å². The number of hydrogen-bond donors (Lipinski definition) is 1. The highest BCUT2D eigenvalue weighted by molar-refractivity contribution is 6.31. The fourth-order valence-corrected chi connectivity index (χ4v) is 2.87. The normalized spacial score (nSPS) is 17.2. The molecule has 1 aliphatic rings. The number of hydrogen-bond acceptors (Lipinski definition) is 2. The molecule has 21 heavy (non-hydrogen) atoms. The molecule has 0 fully saturated rings. The molecule has 1 heterocycles. The number of aliphatic hydroxyl groups is 1. The summed E-state index contributed by atoms with van der Waals surface area (Å²) in [7, 11) is 0. The maximum atomic E-state index is 10.6. The highest BCUT2D eigenvalue weighted by atomic mass is 35.5. The summed E-state index contributed by atoms with van der Waals surface area (Å²) in [5.41, 5.74) is 3.82. The fraction of sp³-hybridized carbons (Fsp3) is 0.333. The molecule has 1 atom stereocenters. The van der Waals surface area contributed by atoms with Gasteiger partial charge in [0.1, 0.15) is 11.9 Å². The number of halogens is 1. The smallest absolute Gasteiger partial charge is 0.123 e. The SMILES string of the molecule is Cc1ccc(C(O)c2ccc3c(c2)C(C)(C)CO3)cc1Cl. The number of fused-ring (bicyclic) bond motifs is 1. The van der Waals surface area contributed by atoms with E-state index in [2.05, 4.69) is 13.8 Å². The van der Waals surface area contributed by atoms with E-state index in [1.54, 1.807) is 0 Å². The van der Waals surface area contributed by atoms with Crippen LogP contribution in [-0.4, -0.2) is 11.7 Å². The molecular formula is C18H19ClO2. The zero-order chi connectivity index (χ0) is 15.2. The molecule has 0 aliphatic carbocycles. The monoisotopic (exact) mass is 302 g/mol. The Hall–Kier alpha value is -1.51. The van der Waals surface area contributed by atoms with Crippen LogP contribution in [0.25, 0.3) is 0 Å². The summed E-state index contributed by atoms with van der Waals surface area (Å²) < 4.78 is 5.69. The summed E-state index contributed by atoms with van der Waals surface area (Å²) in [6.45, 7) is 6.93. The molecule has 0 aromatic heterocycles. The van der Waals surface area contributed by atoms with Crippen LogP contribution in [-0.2, 0) is 5.41 Å². The molecule has 2 aromatic rings. The Bertz CT molecular complexity index is 692. The van der Waals surface area contributed by atoms with Crippen molar-refractivity contribution in [3.63, 3.8) is 0 Å². The molecule has 1 N–H and O–H groups in total. The van der Waals surface area contributed by atoms with Gasteiger partial charge >= 0.3 is 0 Å². The van der Waals surface area contributed by atoms with Crippen LogP contribution in [0.5, 0.6) is 5.75 Å². The Labute approximate surface area is 130 Å². The number of rotatable bonds is 2. The van der Waals surface area contributed by atoms with Gasteiger partial charge in [0.15, 0.2) is 0 Å². The maximum absolute atomic E-state index is 10.6. The van der Waals surface area contributed by atoms with E-state index >= 15 is 0 Å². The average molecular weight is 303 g/mol. The molecule has 2 nitrogen and oxygen atoms in total. The molecule has 3 heteroatoms. The molecule has 0 amide bonds. The Morgan fingerprint density at radius 2 is 1.81 bits per heavy atom. The van der Waals surface area contributed by atoms with E-state index < -0.39 is 6.10 Å². The number of aliphatic hydroxyl groups excluding tert-OH is 1. The second-order valence-electron chi connectivity index (χ2n) is 6.34. The summed E-state index contributed by atoms with van der Waals surface area (Å²) in [6, 6.07) is 11.6. The van der Waals surface area contributed by atoms with Crippen molar-refractivity contribution in [3.05, 3.63) is 63.7 Å². The molecule has 0 bridgehead atoms. The van der Waals surface area contributed by atoms with Gasteiger partial charge in [0, 0.05) is 16.0 Å². The van der Waals surface area contributed by atoms with Crippen molar-refractivity contribution < 1.29 is 9.84 Å². The third kappa shape index (κ3) is 2.54. The van der Waals surface area contributed by atoms with Crippen LogP contribution in [0.15, 0.2) is 36.4 Å². The largest absolute Gasteiger partial charge is 0.492 e. The first kappa shape index (κ1) is 14.4. The van der Waals surface area contributed by atoms with Gasteiger partial charge in [-0.3, -0.25) is 0 Å². The van der Waals surface area contributed by atoms with E-state index in [-0.39, 0.29) is 5.41 Å². The molecule has 2 aromatic carbocycles. The van der Waals surface area contributed by atoms with Crippen molar-refractivity contribution in [2.75, 3.05) is 6.61 Å². The molecule has 110 valence electrons. The quantitative estimate of drug-likeness (QED) is 0.891. The number of benzene rings is 2. The first-order valence-corrected chi connectivity index (χ1v) is 7.47. The predicted octanol–water partition coefficient (Wildman–Crippen LogP) is 4.40. The zero-order valence-electron chi connectivity index (χ0n) is 12.5. The third-order valence-corrected chi connectivity index (χ3v) is 4.56. The van der Waals surface area contributed by atoms with Crippen LogP contribution in [0.1, 0.15) is 42.2 Å². The molecule has 1 unspecified atom stereocenters. The van der Waals surface area contributed by atoms with E-state index in [9.17, 15) is 5.11 Å². The van der Waals surface area contributed by atoms with E-state index in [1.165, 1.54) is 0 Å². The fourth-order valence-electron chi connectivity index (χ4n) is 2.68. The van der Waals surface area contributed by atoms with Crippen LogP contribution in [0, 0.1) is 6.92 Å². The third-order valence-electron chi connectivity index (χ3n) is 4.15. The molecule has 0 radical (unpaired) electrons. The molecule has 0 saturated heterocycles. The highest BCUT2D eigenvalue weighted by Crippen LogP contribution is 2.40. The Balaban J connectivity index is 1.99. The van der Waals surface area contributed by atoms with Gasteiger partial charge in [0.25, 0.3) is 0 Å². The van der Waals surface area contributed by atoms with Crippen molar-refractivity contribution in [2.24, 2.45) is 0 Å². The van der Waals surface area contributed by atoms with Gasteiger partial charge in [-0.25, -0.2) is 0 Å². The van der Waals surface area contributed by atoms with Crippen molar-refractivity contribution in [1.29, 1.82) is 0 Å². The van der Waals surface area contributed by atoms with Crippen molar-refractivity contribution in [2.45, 2.75) is 32.3 Å². The van der Waals surface area contributed by atoms with Crippen LogP contribution in [0.4, 0.5) is 0 Å². The predicted molar refractivity (Wildman–Crippen MR) is 85.2 cm³/mol. The second-order valence-corrected chi connectivity index (χ2v) is 6.75. The van der Waals surface area contributed by atoms with Gasteiger partial charge in [-0.1, -0.05) is 43.6 Å². The minimum atomic E-state index is -0.676. The number of ether oxygens (including phenoxy) is 1. The standard InChI is InChI=1S/C18H19ClO2/c1-11-4-5-13(9-15(11)19)17(20)12-6-7-16-14(8-12)18(2,3)10-21-16/h4-9,17,20H,10H2,1-3H3. The van der Waals surface area contributed by atoms with Crippen LogP contribution in [0.3, 0.4) is 0 Å². The van der Waals surface area contributed by atoms with E-state index in [4.69, 9.17) is 16.3 Å². The topological polar surface area (TPSA) is 29.5 Å². The minimum absolute atomic E-state index is 0.0179.